The van der Waals surface area contributed by atoms with Gasteiger partial charge in [-0.1, -0.05) is 25.5 Å². The number of ketones is 1. The van der Waals surface area contributed by atoms with Crippen LogP contribution in [0, 0.1) is 34.5 Å². The molecule has 0 aliphatic heterocycles. The van der Waals surface area contributed by atoms with E-state index >= 15 is 0 Å². The van der Waals surface area contributed by atoms with E-state index in [9.17, 15) is 4.79 Å². The van der Waals surface area contributed by atoms with Crippen LogP contribution in [0.1, 0.15) is 65.2 Å². The van der Waals surface area contributed by atoms with Crippen LogP contribution in [-0.4, -0.2) is 35.1 Å². The van der Waals surface area contributed by atoms with Crippen molar-refractivity contribution in [1.82, 2.24) is 0 Å². The lowest BCUT2D eigenvalue weighted by molar-refractivity contribution is -0.131. The van der Waals surface area contributed by atoms with Crippen molar-refractivity contribution in [3.63, 3.8) is 0 Å². The average Bonchev–Trinajstić information content (AvgIpc) is 3.02. The van der Waals surface area contributed by atoms with Crippen LogP contribution in [0.4, 0.5) is 0 Å². The number of allylic oxidation sites excluding steroid dienone is 1. The van der Waals surface area contributed by atoms with E-state index in [1.807, 2.05) is 0 Å². The van der Waals surface area contributed by atoms with Crippen molar-refractivity contribution in [2.75, 3.05) is 6.61 Å². The van der Waals surface area contributed by atoms with Crippen molar-refractivity contribution in [2.24, 2.45) is 34.5 Å². The summed E-state index contributed by atoms with van der Waals surface area (Å²) in [5.41, 5.74) is 2.24. The van der Waals surface area contributed by atoms with E-state index in [0.717, 1.165) is 24.7 Å². The van der Waals surface area contributed by atoms with Gasteiger partial charge in [-0.15, -0.1) is 0 Å². The molecule has 0 unspecified atom stereocenters. The molecule has 3 fully saturated rings. The van der Waals surface area contributed by atoms with Gasteiger partial charge in [0.1, 0.15) is 0 Å². The van der Waals surface area contributed by atoms with E-state index in [-0.39, 0.29) is 11.3 Å². The van der Waals surface area contributed by atoms with E-state index in [1.54, 1.807) is 5.57 Å². The number of rotatable bonds is 6. The molecule has 0 amide bonds. The molecule has 4 aliphatic carbocycles. The van der Waals surface area contributed by atoms with Crippen LogP contribution in [0.5, 0.6) is 0 Å². The van der Waals surface area contributed by atoms with Crippen molar-refractivity contribution in [1.29, 1.82) is 0 Å². The lowest BCUT2D eigenvalue weighted by atomic mass is 9.47. The topological polar surface area (TPSA) is 35.5 Å². The summed E-state index contributed by atoms with van der Waals surface area (Å²) in [6.45, 7) is 18.9. The molecule has 7 atom stereocenters. The zero-order chi connectivity index (χ0) is 23.5. The summed E-state index contributed by atoms with van der Waals surface area (Å²) >= 11 is 0. The Bertz CT molecular complexity index is 764. The third kappa shape index (κ3) is 4.65. The van der Waals surface area contributed by atoms with Crippen molar-refractivity contribution in [3.8, 4) is 0 Å². The molecule has 0 spiro atoms. The predicted octanol–water partition coefficient (Wildman–Crippen LogP) is 7.21. The fourth-order valence-corrected chi connectivity index (χ4v) is 9.92. The van der Waals surface area contributed by atoms with Gasteiger partial charge in [-0.3, -0.25) is 4.79 Å². The second-order valence-electron chi connectivity index (χ2n) is 13.9. The lowest BCUT2D eigenvalue weighted by Crippen LogP contribution is -2.51. The van der Waals surface area contributed by atoms with Crippen molar-refractivity contribution in [2.45, 2.75) is 111 Å². The largest absolute Gasteiger partial charge is 0.414 e. The molecule has 32 heavy (non-hydrogen) atoms. The minimum absolute atomic E-state index is 0.181. The van der Waals surface area contributed by atoms with Gasteiger partial charge in [0.05, 0.1) is 6.61 Å². The minimum atomic E-state index is -1.65. The van der Waals surface area contributed by atoms with Gasteiger partial charge in [0, 0.05) is 12.0 Å². The number of hydrogen-bond donors (Lipinski definition) is 0. The lowest BCUT2D eigenvalue weighted by Gasteiger charge is -2.58. The molecule has 0 bridgehead atoms. The molecule has 4 aliphatic rings. The summed E-state index contributed by atoms with van der Waals surface area (Å²) in [7, 11) is -3.15. The van der Waals surface area contributed by atoms with Crippen molar-refractivity contribution < 1.29 is 13.6 Å². The monoisotopic (exact) mass is 476 g/mol. The quantitative estimate of drug-likeness (QED) is 0.300. The van der Waals surface area contributed by atoms with E-state index in [0.29, 0.717) is 29.8 Å². The molecular weight excluding hydrogens is 428 g/mol. The highest BCUT2D eigenvalue weighted by Crippen LogP contribution is 2.66. The Kier molecular flexibility index (Phi) is 6.57. The standard InChI is InChI=1S/C27H48O3Si2/c1-26-15-13-20(30-32(6,7)8)17-19(26)9-10-21-22-11-12-24(25(28)18-29-31(3,4)5)27(22,2)16-14-23(21)26/h9,20-24H,10-18H2,1-8H3/t20-,21-,22-,23-,24+,26-,27-/m0/s1. The van der Waals surface area contributed by atoms with Gasteiger partial charge >= 0.3 is 0 Å². The van der Waals surface area contributed by atoms with E-state index in [4.69, 9.17) is 8.85 Å². The summed E-state index contributed by atoms with van der Waals surface area (Å²) in [6, 6.07) is 0. The van der Waals surface area contributed by atoms with Crippen LogP contribution in [-0.2, 0) is 13.6 Å². The van der Waals surface area contributed by atoms with Crippen molar-refractivity contribution in [3.05, 3.63) is 11.6 Å². The van der Waals surface area contributed by atoms with Gasteiger partial charge in [0.15, 0.2) is 22.4 Å². The molecule has 0 aromatic heterocycles. The minimum Gasteiger partial charge on any atom is -0.414 e. The maximum absolute atomic E-state index is 13.2. The predicted molar refractivity (Wildman–Crippen MR) is 138 cm³/mol. The molecule has 0 saturated heterocycles. The SMILES string of the molecule is C[C@]12CC[C@H]3[C@@H](CC=C4C[C@@H](O[Si](C)(C)C)CC[C@@]43C)[C@@H]1CC[C@@H]2C(=O)CO[Si](C)(C)C. The van der Waals surface area contributed by atoms with Crippen LogP contribution >= 0.6 is 0 Å². The third-order valence-corrected chi connectivity index (χ3v) is 11.7. The summed E-state index contributed by atoms with van der Waals surface area (Å²) in [4.78, 5) is 13.2. The Balaban J connectivity index is 1.49. The molecule has 3 saturated carbocycles. The van der Waals surface area contributed by atoms with Gasteiger partial charge < -0.3 is 8.85 Å². The van der Waals surface area contributed by atoms with Crippen LogP contribution in [0.25, 0.3) is 0 Å². The molecule has 0 heterocycles. The Morgan fingerprint density at radius 3 is 2.34 bits per heavy atom. The molecular formula is C27H48O3Si2. The maximum atomic E-state index is 13.2. The molecule has 3 nitrogen and oxygen atoms in total. The van der Waals surface area contributed by atoms with Gasteiger partial charge in [-0.2, -0.15) is 0 Å². The zero-order valence-electron chi connectivity index (χ0n) is 22.1. The van der Waals surface area contributed by atoms with E-state index in [2.05, 4.69) is 59.2 Å². The number of carbonyl (C=O) groups excluding carboxylic acids is 1. The zero-order valence-corrected chi connectivity index (χ0v) is 24.1. The molecule has 0 aromatic carbocycles. The van der Waals surface area contributed by atoms with Crippen molar-refractivity contribution >= 4 is 22.4 Å². The Morgan fingerprint density at radius 2 is 1.69 bits per heavy atom. The van der Waals surface area contributed by atoms with Crippen LogP contribution in [0.15, 0.2) is 11.6 Å². The van der Waals surface area contributed by atoms with E-state index < -0.39 is 16.6 Å². The molecule has 182 valence electrons. The fraction of sp³-hybridized carbons (Fsp3) is 0.889. The molecule has 0 aromatic rings. The van der Waals surface area contributed by atoms with Gasteiger partial charge in [0.25, 0.3) is 0 Å². The first-order valence-electron chi connectivity index (χ1n) is 13.3. The molecule has 0 radical (unpaired) electrons. The molecule has 4 rings (SSSR count). The molecule has 5 heteroatoms. The third-order valence-electron chi connectivity index (χ3n) is 9.62. The Hall–Kier alpha value is -0.236. The average molecular weight is 477 g/mol. The number of fused-ring (bicyclic) bond motifs is 5. The second-order valence-corrected chi connectivity index (χ2v) is 22.9. The Labute approximate surface area is 199 Å². The second kappa shape index (κ2) is 8.46. The van der Waals surface area contributed by atoms with Crippen LogP contribution in [0.3, 0.4) is 0 Å². The summed E-state index contributed by atoms with van der Waals surface area (Å²) in [6.07, 6.45) is 12.8. The fourth-order valence-electron chi connectivity index (χ4n) is 8.15. The Morgan fingerprint density at radius 1 is 0.969 bits per heavy atom. The normalized spacial score (nSPS) is 42.0. The highest BCUT2D eigenvalue weighted by atomic mass is 28.4. The smallest absolute Gasteiger partial charge is 0.184 e. The van der Waals surface area contributed by atoms with E-state index in [1.165, 1.54) is 38.5 Å². The van der Waals surface area contributed by atoms with Crippen LogP contribution < -0.4 is 0 Å². The summed E-state index contributed by atoms with van der Waals surface area (Å²) in [5.74, 6) is 2.85. The van der Waals surface area contributed by atoms with Gasteiger partial charge in [-0.05, 0) is 119 Å². The number of carbonyl (C=O) groups is 1. The first-order chi connectivity index (χ1) is 14.7. The number of hydrogen-bond acceptors (Lipinski definition) is 3. The highest BCUT2D eigenvalue weighted by molar-refractivity contribution is 6.70. The first kappa shape index (κ1) is 24.9. The van der Waals surface area contributed by atoms with Gasteiger partial charge in [-0.25, -0.2) is 0 Å². The molecule has 0 N–H and O–H groups in total. The summed E-state index contributed by atoms with van der Waals surface area (Å²) in [5, 5.41) is 0. The van der Waals surface area contributed by atoms with Gasteiger partial charge in [0.2, 0.25) is 0 Å². The first-order valence-corrected chi connectivity index (χ1v) is 20.1. The summed E-state index contributed by atoms with van der Waals surface area (Å²) < 4.78 is 12.6. The number of Topliss-reactive ketones (excluding diaryl/α,β-unsaturated/α-hetero) is 1. The highest BCUT2D eigenvalue weighted by Gasteiger charge is 2.59. The van der Waals surface area contributed by atoms with Crippen LogP contribution in [0.2, 0.25) is 39.3 Å². The maximum Gasteiger partial charge on any atom is 0.184 e.